The lowest BCUT2D eigenvalue weighted by Crippen LogP contribution is -2.05. The topological polar surface area (TPSA) is 28.7 Å². The summed E-state index contributed by atoms with van der Waals surface area (Å²) in [4.78, 5) is 8.08. The van der Waals surface area contributed by atoms with Gasteiger partial charge in [-0.2, -0.15) is 0 Å². The number of pyridine rings is 1. The molecule has 84 valence electrons. The first-order valence-electron chi connectivity index (χ1n) is 6.30. The molecule has 1 aromatic carbocycles. The molecular weight excluding hydrogens is 208 g/mol. The molecule has 2 aromatic heterocycles. The van der Waals surface area contributed by atoms with Crippen LogP contribution in [0.2, 0.25) is 0 Å². The minimum atomic E-state index is 1.14. The van der Waals surface area contributed by atoms with Gasteiger partial charge in [-0.25, -0.2) is 0 Å². The van der Waals surface area contributed by atoms with Gasteiger partial charge in [0.15, 0.2) is 0 Å². The third-order valence-corrected chi connectivity index (χ3v) is 3.83. The lowest BCUT2D eigenvalue weighted by Gasteiger charge is -2.15. The fraction of sp³-hybridized carbons (Fsp3) is 0.267. The molecule has 0 amide bonds. The highest BCUT2D eigenvalue weighted by Gasteiger charge is 2.16. The molecule has 17 heavy (non-hydrogen) atoms. The van der Waals surface area contributed by atoms with E-state index >= 15 is 0 Å². The van der Waals surface area contributed by atoms with Crippen LogP contribution in [0.3, 0.4) is 0 Å². The van der Waals surface area contributed by atoms with Gasteiger partial charge in [-0.1, -0.05) is 18.2 Å². The number of fused-ring (bicyclic) bond motifs is 5. The Kier molecular flexibility index (Phi) is 1.81. The van der Waals surface area contributed by atoms with Gasteiger partial charge in [0.1, 0.15) is 0 Å². The van der Waals surface area contributed by atoms with Crippen molar-refractivity contribution in [3.63, 3.8) is 0 Å². The maximum atomic E-state index is 4.61. The number of aromatic amines is 1. The summed E-state index contributed by atoms with van der Waals surface area (Å²) < 4.78 is 0. The molecule has 1 aliphatic rings. The number of benzene rings is 1. The second kappa shape index (κ2) is 3.33. The van der Waals surface area contributed by atoms with Gasteiger partial charge in [-0.15, -0.1) is 0 Å². The zero-order valence-electron chi connectivity index (χ0n) is 9.66. The largest absolute Gasteiger partial charge is 0.353 e. The number of para-hydroxylation sites is 1. The molecule has 0 spiro atoms. The predicted molar refractivity (Wildman–Crippen MR) is 70.2 cm³/mol. The van der Waals surface area contributed by atoms with E-state index in [1.165, 1.54) is 52.3 Å². The maximum absolute atomic E-state index is 4.61. The SMILES string of the molecule is c1ccc2c(c1)[nH]c1cnc3c(c12)CCCC3. The van der Waals surface area contributed by atoms with E-state index in [0.717, 1.165) is 6.42 Å². The Labute approximate surface area is 99.7 Å². The van der Waals surface area contributed by atoms with Gasteiger partial charge in [-0.05, 0) is 37.3 Å². The van der Waals surface area contributed by atoms with Crippen LogP contribution in [0.15, 0.2) is 30.5 Å². The van der Waals surface area contributed by atoms with Crippen molar-refractivity contribution in [2.24, 2.45) is 0 Å². The minimum Gasteiger partial charge on any atom is -0.353 e. The monoisotopic (exact) mass is 222 g/mol. The normalized spacial score (nSPS) is 15.3. The first-order chi connectivity index (χ1) is 8.43. The van der Waals surface area contributed by atoms with Crippen LogP contribution in [0, 0.1) is 0 Å². The number of aryl methyl sites for hydroxylation is 2. The summed E-state index contributed by atoms with van der Waals surface area (Å²) >= 11 is 0. The smallest absolute Gasteiger partial charge is 0.0654 e. The van der Waals surface area contributed by atoms with Crippen molar-refractivity contribution < 1.29 is 0 Å². The highest BCUT2D eigenvalue weighted by molar-refractivity contribution is 6.08. The standard InChI is InChI=1S/C15H14N2/c1-3-7-12-10(5-1)15-11-6-2-4-8-13(11)17-14(15)9-16-12/h2,4,6,8-9,17H,1,3,5,7H2. The quantitative estimate of drug-likeness (QED) is 0.618. The predicted octanol–water partition coefficient (Wildman–Crippen LogP) is 3.59. The summed E-state index contributed by atoms with van der Waals surface area (Å²) in [5.74, 6) is 0. The molecule has 1 aliphatic carbocycles. The molecule has 0 radical (unpaired) electrons. The Bertz CT molecular complexity index is 709. The van der Waals surface area contributed by atoms with Crippen molar-refractivity contribution in [3.8, 4) is 0 Å². The molecule has 3 aromatic rings. The number of nitrogens with zero attached hydrogens (tertiary/aromatic N) is 1. The highest BCUT2D eigenvalue weighted by Crippen LogP contribution is 2.32. The number of H-pyrrole nitrogens is 1. The van der Waals surface area contributed by atoms with Gasteiger partial charge in [-0.3, -0.25) is 4.98 Å². The summed E-state index contributed by atoms with van der Waals surface area (Å²) in [7, 11) is 0. The van der Waals surface area contributed by atoms with Crippen LogP contribution in [0.1, 0.15) is 24.1 Å². The second-order valence-electron chi connectivity index (χ2n) is 4.85. The third-order valence-electron chi connectivity index (χ3n) is 3.83. The van der Waals surface area contributed by atoms with E-state index in [9.17, 15) is 0 Å². The third kappa shape index (κ3) is 1.24. The highest BCUT2D eigenvalue weighted by atomic mass is 14.8. The van der Waals surface area contributed by atoms with Gasteiger partial charge in [0.05, 0.1) is 11.7 Å². The van der Waals surface area contributed by atoms with Crippen LogP contribution in [0.5, 0.6) is 0 Å². The Morgan fingerprint density at radius 3 is 2.88 bits per heavy atom. The molecule has 0 saturated carbocycles. The van der Waals surface area contributed by atoms with Crippen LogP contribution in [0.25, 0.3) is 21.8 Å². The van der Waals surface area contributed by atoms with E-state index in [2.05, 4.69) is 34.2 Å². The summed E-state index contributed by atoms with van der Waals surface area (Å²) in [6.45, 7) is 0. The van der Waals surface area contributed by atoms with Crippen LogP contribution in [-0.2, 0) is 12.8 Å². The molecule has 0 atom stereocenters. The summed E-state index contributed by atoms with van der Waals surface area (Å²) in [5.41, 5.74) is 5.20. The maximum Gasteiger partial charge on any atom is 0.0654 e. The van der Waals surface area contributed by atoms with Gasteiger partial charge in [0, 0.05) is 22.0 Å². The molecule has 4 rings (SSSR count). The Morgan fingerprint density at radius 2 is 1.88 bits per heavy atom. The summed E-state index contributed by atoms with van der Waals surface area (Å²) in [5, 5.41) is 2.76. The molecule has 0 aliphatic heterocycles. The number of nitrogens with one attached hydrogen (secondary N) is 1. The lowest BCUT2D eigenvalue weighted by atomic mass is 9.92. The van der Waals surface area contributed by atoms with Crippen LogP contribution in [-0.4, -0.2) is 9.97 Å². The van der Waals surface area contributed by atoms with Gasteiger partial charge < -0.3 is 4.98 Å². The Hall–Kier alpha value is -1.83. The molecule has 2 nitrogen and oxygen atoms in total. The van der Waals surface area contributed by atoms with E-state index in [4.69, 9.17) is 0 Å². The molecular formula is C15H14N2. The first kappa shape index (κ1) is 9.23. The second-order valence-corrected chi connectivity index (χ2v) is 4.85. The van der Waals surface area contributed by atoms with Crippen LogP contribution >= 0.6 is 0 Å². The molecule has 1 N–H and O–H groups in total. The molecule has 2 heterocycles. The van der Waals surface area contributed by atoms with Crippen LogP contribution < -0.4 is 0 Å². The number of hydrogen-bond acceptors (Lipinski definition) is 1. The number of hydrogen-bond donors (Lipinski definition) is 1. The van der Waals surface area contributed by atoms with Gasteiger partial charge >= 0.3 is 0 Å². The summed E-state index contributed by atoms with van der Waals surface area (Å²) in [6, 6.07) is 8.55. The van der Waals surface area contributed by atoms with E-state index in [1.54, 1.807) is 0 Å². The van der Waals surface area contributed by atoms with Crippen molar-refractivity contribution in [2.45, 2.75) is 25.7 Å². The van der Waals surface area contributed by atoms with E-state index in [0.29, 0.717) is 0 Å². The van der Waals surface area contributed by atoms with E-state index < -0.39 is 0 Å². The minimum absolute atomic E-state index is 1.14. The molecule has 0 unspecified atom stereocenters. The lowest BCUT2D eigenvalue weighted by molar-refractivity contribution is 0.673. The molecule has 2 heteroatoms. The summed E-state index contributed by atoms with van der Waals surface area (Å²) in [6.07, 6.45) is 6.91. The Morgan fingerprint density at radius 1 is 1.00 bits per heavy atom. The first-order valence-corrected chi connectivity index (χ1v) is 6.30. The van der Waals surface area contributed by atoms with Crippen molar-refractivity contribution in [2.75, 3.05) is 0 Å². The number of aromatic nitrogens is 2. The fourth-order valence-corrected chi connectivity index (χ4v) is 3.03. The van der Waals surface area contributed by atoms with Crippen molar-refractivity contribution >= 4 is 21.8 Å². The van der Waals surface area contributed by atoms with E-state index in [-0.39, 0.29) is 0 Å². The van der Waals surface area contributed by atoms with Crippen LogP contribution in [0.4, 0.5) is 0 Å². The molecule has 0 fully saturated rings. The molecule has 0 saturated heterocycles. The van der Waals surface area contributed by atoms with E-state index in [1.807, 2.05) is 6.20 Å². The van der Waals surface area contributed by atoms with Crippen molar-refractivity contribution in [3.05, 3.63) is 41.7 Å². The van der Waals surface area contributed by atoms with Gasteiger partial charge in [0.25, 0.3) is 0 Å². The number of rotatable bonds is 0. The fourth-order valence-electron chi connectivity index (χ4n) is 3.03. The van der Waals surface area contributed by atoms with Crippen molar-refractivity contribution in [1.29, 1.82) is 0 Å². The average molecular weight is 222 g/mol. The molecule has 0 bridgehead atoms. The average Bonchev–Trinajstić information content (AvgIpc) is 2.77. The van der Waals surface area contributed by atoms with Gasteiger partial charge in [0.2, 0.25) is 0 Å². The van der Waals surface area contributed by atoms with Crippen molar-refractivity contribution in [1.82, 2.24) is 9.97 Å². The zero-order valence-corrected chi connectivity index (χ0v) is 9.66. The zero-order chi connectivity index (χ0) is 11.2. The Balaban J connectivity index is 2.20.